The van der Waals surface area contributed by atoms with Gasteiger partial charge in [0.2, 0.25) is 5.91 Å². The van der Waals surface area contributed by atoms with Gasteiger partial charge in [-0.25, -0.2) is 4.98 Å². The minimum atomic E-state index is -0.0855. The first kappa shape index (κ1) is 15.5. The second-order valence-electron chi connectivity index (χ2n) is 4.94. The van der Waals surface area contributed by atoms with Gasteiger partial charge in [-0.15, -0.1) is 12.4 Å². The van der Waals surface area contributed by atoms with E-state index < -0.39 is 0 Å². The highest BCUT2D eigenvalue weighted by molar-refractivity contribution is 5.95. The van der Waals surface area contributed by atoms with Crippen LogP contribution in [0.15, 0.2) is 41.3 Å². The molecule has 0 spiro atoms. The predicted octanol–water partition coefficient (Wildman–Crippen LogP) is 2.84. The van der Waals surface area contributed by atoms with Crippen molar-refractivity contribution in [1.29, 1.82) is 0 Å². The van der Waals surface area contributed by atoms with Gasteiger partial charge in [-0.2, -0.15) is 0 Å². The molecule has 1 amide bonds. The lowest BCUT2D eigenvalue weighted by Gasteiger charge is -2.22. The van der Waals surface area contributed by atoms with Gasteiger partial charge in [0.15, 0.2) is 12.2 Å². The quantitative estimate of drug-likeness (QED) is 0.915. The molecule has 2 heterocycles. The minimum Gasteiger partial charge on any atom is -0.444 e. The Kier molecular flexibility index (Phi) is 5.36. The van der Waals surface area contributed by atoms with E-state index in [0.717, 1.165) is 37.1 Å². The Morgan fingerprint density at radius 1 is 1.38 bits per heavy atom. The molecular weight excluding hydrogens is 290 g/mol. The number of aromatic nitrogens is 1. The zero-order valence-corrected chi connectivity index (χ0v) is 12.4. The number of oxazole rings is 1. The van der Waals surface area contributed by atoms with Crippen molar-refractivity contribution in [2.45, 2.75) is 25.3 Å². The Morgan fingerprint density at radius 3 is 3.00 bits per heavy atom. The van der Waals surface area contributed by atoms with Crippen LogP contribution < -0.4 is 10.6 Å². The van der Waals surface area contributed by atoms with Gasteiger partial charge < -0.3 is 15.1 Å². The molecule has 6 heteroatoms. The van der Waals surface area contributed by atoms with Crippen LogP contribution in [0.25, 0.3) is 11.3 Å². The first-order chi connectivity index (χ1) is 9.83. The van der Waals surface area contributed by atoms with Gasteiger partial charge in [0.05, 0.1) is 12.2 Å². The molecule has 5 nitrogen and oxygen atoms in total. The fourth-order valence-electron chi connectivity index (χ4n) is 2.41. The highest BCUT2D eigenvalue weighted by Crippen LogP contribution is 2.22. The van der Waals surface area contributed by atoms with E-state index in [-0.39, 0.29) is 24.4 Å². The van der Waals surface area contributed by atoms with E-state index >= 15 is 0 Å². The van der Waals surface area contributed by atoms with Crippen LogP contribution in [0.1, 0.15) is 19.3 Å². The number of nitrogens with one attached hydrogen (secondary N) is 2. The second-order valence-corrected chi connectivity index (χ2v) is 4.94. The maximum atomic E-state index is 12.2. The third-order valence-corrected chi connectivity index (χ3v) is 3.47. The van der Waals surface area contributed by atoms with Crippen molar-refractivity contribution in [3.8, 4) is 11.3 Å². The van der Waals surface area contributed by atoms with Gasteiger partial charge in [0.25, 0.3) is 0 Å². The Balaban J connectivity index is 0.00000161. The van der Waals surface area contributed by atoms with Gasteiger partial charge in [-0.3, -0.25) is 4.79 Å². The van der Waals surface area contributed by atoms with Crippen molar-refractivity contribution in [3.63, 3.8) is 0 Å². The molecule has 1 aliphatic heterocycles. The summed E-state index contributed by atoms with van der Waals surface area (Å²) in [6.45, 7) is 0.913. The molecule has 1 aromatic heterocycles. The lowest BCUT2D eigenvalue weighted by molar-refractivity contribution is -0.118. The standard InChI is InChI=1S/C15H17N3O2.ClH/c19-15(13-6-1-2-7-17-13)18-12-5-3-4-11(8-12)14-9-16-10-20-14;/h3-5,8-10,13,17H,1-2,6-7H2,(H,18,19);1H. The molecule has 21 heavy (non-hydrogen) atoms. The zero-order valence-electron chi connectivity index (χ0n) is 11.5. The van der Waals surface area contributed by atoms with E-state index in [1.165, 1.54) is 6.39 Å². The first-order valence-electron chi connectivity index (χ1n) is 6.86. The molecule has 1 fully saturated rings. The summed E-state index contributed by atoms with van der Waals surface area (Å²) in [5.74, 6) is 0.719. The highest BCUT2D eigenvalue weighted by Gasteiger charge is 2.20. The van der Waals surface area contributed by atoms with E-state index in [2.05, 4.69) is 15.6 Å². The molecule has 0 bridgehead atoms. The minimum absolute atomic E-state index is 0. The highest BCUT2D eigenvalue weighted by atomic mass is 35.5. The molecule has 0 aliphatic carbocycles. The number of nitrogens with zero attached hydrogens (tertiary/aromatic N) is 1. The summed E-state index contributed by atoms with van der Waals surface area (Å²) in [6, 6.07) is 7.50. The number of hydrogen-bond donors (Lipinski definition) is 2. The van der Waals surface area contributed by atoms with Crippen molar-refractivity contribution in [2.24, 2.45) is 0 Å². The Labute approximate surface area is 129 Å². The van der Waals surface area contributed by atoms with Crippen LogP contribution in [0.4, 0.5) is 5.69 Å². The van der Waals surface area contributed by atoms with Crippen LogP contribution in [0.2, 0.25) is 0 Å². The molecule has 1 aliphatic rings. The number of benzene rings is 1. The van der Waals surface area contributed by atoms with E-state index in [1.807, 2.05) is 24.3 Å². The summed E-state index contributed by atoms with van der Waals surface area (Å²) in [5, 5.41) is 6.19. The maximum Gasteiger partial charge on any atom is 0.241 e. The normalized spacial score (nSPS) is 17.8. The van der Waals surface area contributed by atoms with Crippen LogP contribution in [0.3, 0.4) is 0 Å². The monoisotopic (exact) mass is 307 g/mol. The van der Waals surface area contributed by atoms with Gasteiger partial charge >= 0.3 is 0 Å². The summed E-state index contributed by atoms with van der Waals surface area (Å²) in [6.07, 6.45) is 6.19. The number of halogens is 1. The molecule has 0 radical (unpaired) electrons. The average Bonchev–Trinajstić information content (AvgIpc) is 3.03. The molecule has 2 N–H and O–H groups in total. The molecular formula is C15H18ClN3O2. The van der Waals surface area contributed by atoms with Gasteiger partial charge in [-0.05, 0) is 31.5 Å². The van der Waals surface area contributed by atoms with E-state index in [0.29, 0.717) is 5.76 Å². The Bertz CT molecular complexity index is 580. The van der Waals surface area contributed by atoms with Crippen molar-refractivity contribution in [1.82, 2.24) is 10.3 Å². The second kappa shape index (κ2) is 7.24. The molecule has 112 valence electrons. The number of carbonyl (C=O) groups is 1. The number of rotatable bonds is 3. The smallest absolute Gasteiger partial charge is 0.241 e. The Morgan fingerprint density at radius 2 is 2.29 bits per heavy atom. The molecule has 1 atom stereocenters. The summed E-state index contributed by atoms with van der Waals surface area (Å²) in [5.41, 5.74) is 1.67. The first-order valence-corrected chi connectivity index (χ1v) is 6.86. The lowest BCUT2D eigenvalue weighted by Crippen LogP contribution is -2.43. The van der Waals surface area contributed by atoms with Crippen molar-refractivity contribution >= 4 is 24.0 Å². The lowest BCUT2D eigenvalue weighted by atomic mass is 10.0. The van der Waals surface area contributed by atoms with Crippen molar-refractivity contribution in [2.75, 3.05) is 11.9 Å². The van der Waals surface area contributed by atoms with Crippen LogP contribution in [-0.4, -0.2) is 23.5 Å². The summed E-state index contributed by atoms with van der Waals surface area (Å²) < 4.78 is 5.26. The van der Waals surface area contributed by atoms with Crippen molar-refractivity contribution in [3.05, 3.63) is 36.9 Å². The SMILES string of the molecule is Cl.O=C(Nc1cccc(-c2cnco2)c1)C1CCCCN1. The zero-order chi connectivity index (χ0) is 13.8. The number of anilines is 1. The average molecular weight is 308 g/mol. The van der Waals surface area contributed by atoms with E-state index in [4.69, 9.17) is 4.42 Å². The molecule has 1 aromatic carbocycles. The predicted molar refractivity (Wildman–Crippen MR) is 83.5 cm³/mol. The third kappa shape index (κ3) is 3.83. The fourth-order valence-corrected chi connectivity index (χ4v) is 2.41. The van der Waals surface area contributed by atoms with E-state index in [9.17, 15) is 4.79 Å². The molecule has 3 rings (SSSR count). The number of amides is 1. The van der Waals surface area contributed by atoms with E-state index in [1.54, 1.807) is 6.20 Å². The van der Waals surface area contributed by atoms with Crippen molar-refractivity contribution < 1.29 is 9.21 Å². The van der Waals surface area contributed by atoms with Gasteiger partial charge in [0, 0.05) is 11.3 Å². The number of carbonyl (C=O) groups excluding carboxylic acids is 1. The molecule has 1 unspecified atom stereocenters. The van der Waals surface area contributed by atoms with Gasteiger partial charge in [-0.1, -0.05) is 18.6 Å². The van der Waals surface area contributed by atoms with Crippen LogP contribution in [-0.2, 0) is 4.79 Å². The molecule has 0 saturated carbocycles. The number of hydrogen-bond acceptors (Lipinski definition) is 4. The van der Waals surface area contributed by atoms with Crippen LogP contribution >= 0.6 is 12.4 Å². The van der Waals surface area contributed by atoms with Gasteiger partial charge in [0.1, 0.15) is 0 Å². The largest absolute Gasteiger partial charge is 0.444 e. The topological polar surface area (TPSA) is 67.2 Å². The third-order valence-electron chi connectivity index (χ3n) is 3.47. The molecule has 2 aromatic rings. The summed E-state index contributed by atoms with van der Waals surface area (Å²) >= 11 is 0. The fraction of sp³-hybridized carbons (Fsp3) is 0.333. The molecule has 1 saturated heterocycles. The summed E-state index contributed by atoms with van der Waals surface area (Å²) in [4.78, 5) is 16.1. The van der Waals surface area contributed by atoms with Crippen LogP contribution in [0, 0.1) is 0 Å². The Hall–Kier alpha value is -1.85. The van der Waals surface area contributed by atoms with Crippen LogP contribution in [0.5, 0.6) is 0 Å². The number of piperidine rings is 1. The summed E-state index contributed by atoms with van der Waals surface area (Å²) in [7, 11) is 0. The maximum absolute atomic E-state index is 12.2.